The number of aromatic nitrogens is 4. The number of thioether (sulfide) groups is 1. The van der Waals surface area contributed by atoms with Crippen molar-refractivity contribution >= 4 is 46.4 Å². The van der Waals surface area contributed by atoms with E-state index < -0.39 is 5.97 Å². The molecule has 2 heterocycles. The maximum Gasteiger partial charge on any atom is 0.316 e. The van der Waals surface area contributed by atoms with Crippen molar-refractivity contribution in [3.05, 3.63) is 59.9 Å². The lowest BCUT2D eigenvalue weighted by atomic mass is 10.2. The number of oxazole rings is 1. The molecule has 3 N–H and O–H groups in total. The number of nitrogens with zero attached hydrogens (tertiary/aromatic N) is 4. The third-order valence-corrected chi connectivity index (χ3v) is 4.84. The number of carbonyl (C=O) groups excluding carboxylic acids is 1. The normalized spacial score (nSPS) is 10.8. The number of nitrogens with two attached hydrogens (primary N) is 1. The molecule has 0 amide bonds. The fourth-order valence-electron chi connectivity index (χ4n) is 2.61. The summed E-state index contributed by atoms with van der Waals surface area (Å²) in [6.07, 6.45) is 0. The topological polar surface area (TPSA) is 129 Å². The fourth-order valence-corrected chi connectivity index (χ4v) is 3.25. The van der Waals surface area contributed by atoms with Gasteiger partial charge in [0.15, 0.2) is 18.0 Å². The molecule has 0 bridgehead atoms. The van der Waals surface area contributed by atoms with Crippen LogP contribution in [0.4, 0.5) is 17.6 Å². The first-order valence-corrected chi connectivity index (χ1v) is 10.0. The quantitative estimate of drug-likeness (QED) is 0.337. The van der Waals surface area contributed by atoms with Gasteiger partial charge >= 0.3 is 5.97 Å². The van der Waals surface area contributed by atoms with Crippen molar-refractivity contribution < 1.29 is 13.9 Å². The summed E-state index contributed by atoms with van der Waals surface area (Å²) in [6, 6.07) is 15.1. The van der Waals surface area contributed by atoms with Gasteiger partial charge < -0.3 is 20.2 Å². The molecule has 4 aromatic rings. The molecule has 30 heavy (non-hydrogen) atoms. The van der Waals surface area contributed by atoms with Crippen LogP contribution in [0.2, 0.25) is 0 Å². The predicted molar refractivity (Wildman–Crippen MR) is 113 cm³/mol. The zero-order chi connectivity index (χ0) is 20.9. The average Bonchev–Trinajstić information content (AvgIpc) is 3.15. The van der Waals surface area contributed by atoms with Gasteiger partial charge in [0.2, 0.25) is 11.9 Å². The van der Waals surface area contributed by atoms with E-state index in [4.69, 9.17) is 14.9 Å². The van der Waals surface area contributed by atoms with Crippen molar-refractivity contribution in [3.63, 3.8) is 0 Å². The Labute approximate surface area is 176 Å². The van der Waals surface area contributed by atoms with Crippen molar-refractivity contribution in [2.75, 3.05) is 16.8 Å². The van der Waals surface area contributed by atoms with Crippen LogP contribution in [0.25, 0.3) is 11.1 Å². The second kappa shape index (κ2) is 8.78. The van der Waals surface area contributed by atoms with Gasteiger partial charge in [-0.05, 0) is 30.7 Å². The van der Waals surface area contributed by atoms with Crippen molar-refractivity contribution in [1.29, 1.82) is 0 Å². The molecule has 10 heteroatoms. The fraction of sp³-hybridized carbons (Fsp3) is 0.150. The van der Waals surface area contributed by atoms with Gasteiger partial charge in [-0.15, -0.1) is 0 Å². The van der Waals surface area contributed by atoms with E-state index in [2.05, 4.69) is 25.3 Å². The molecule has 9 nitrogen and oxygen atoms in total. The van der Waals surface area contributed by atoms with E-state index >= 15 is 0 Å². The lowest BCUT2D eigenvalue weighted by molar-refractivity contribution is -0.141. The average molecular weight is 422 g/mol. The molecule has 2 aromatic carbocycles. The van der Waals surface area contributed by atoms with Crippen molar-refractivity contribution in [2.45, 2.75) is 18.8 Å². The number of benzene rings is 2. The maximum atomic E-state index is 12.1. The molecule has 0 aliphatic heterocycles. The van der Waals surface area contributed by atoms with Gasteiger partial charge in [0.25, 0.3) is 5.22 Å². The Morgan fingerprint density at radius 2 is 1.90 bits per heavy atom. The number of nitrogens with one attached hydrogen (secondary N) is 1. The SMILES string of the molecule is Cc1ccccc1Nc1nc(N)nc(COC(=O)CSc2nc3ccccc3o2)n1. The number of ether oxygens (including phenoxy) is 1. The Kier molecular flexibility index (Phi) is 5.75. The summed E-state index contributed by atoms with van der Waals surface area (Å²) < 4.78 is 10.8. The van der Waals surface area contributed by atoms with Crippen molar-refractivity contribution in [3.8, 4) is 0 Å². The molecule has 0 unspecified atom stereocenters. The molecule has 0 fully saturated rings. The van der Waals surface area contributed by atoms with E-state index in [1.165, 1.54) is 0 Å². The van der Waals surface area contributed by atoms with E-state index in [-0.39, 0.29) is 30.1 Å². The number of hydrogen-bond acceptors (Lipinski definition) is 10. The number of nitrogen functional groups attached to an aromatic ring is 1. The standard InChI is InChI=1S/C20H18N6O3S/c1-12-6-2-3-7-13(12)22-19-25-16(24-18(21)26-19)10-28-17(27)11-30-20-23-14-8-4-5-9-15(14)29-20/h2-9H,10-11H2,1H3,(H3,21,22,24,25,26). The summed E-state index contributed by atoms with van der Waals surface area (Å²) >= 11 is 1.16. The van der Waals surface area contributed by atoms with Crippen molar-refractivity contribution in [1.82, 2.24) is 19.9 Å². The van der Waals surface area contributed by atoms with E-state index in [1.54, 1.807) is 0 Å². The van der Waals surface area contributed by atoms with Crippen LogP contribution in [-0.2, 0) is 16.1 Å². The zero-order valence-electron chi connectivity index (χ0n) is 16.0. The molecule has 0 atom stereocenters. The summed E-state index contributed by atoms with van der Waals surface area (Å²) in [7, 11) is 0. The van der Waals surface area contributed by atoms with E-state index in [0.29, 0.717) is 10.8 Å². The number of esters is 1. The summed E-state index contributed by atoms with van der Waals surface area (Å²) in [6.45, 7) is 1.84. The van der Waals surface area contributed by atoms with Crippen LogP contribution in [0, 0.1) is 6.92 Å². The van der Waals surface area contributed by atoms with Gasteiger partial charge in [-0.1, -0.05) is 42.1 Å². The molecule has 2 aromatic heterocycles. The number of anilines is 3. The van der Waals surface area contributed by atoms with Gasteiger partial charge in [-0.25, -0.2) is 4.98 Å². The number of fused-ring (bicyclic) bond motifs is 1. The van der Waals surface area contributed by atoms with E-state index in [0.717, 1.165) is 28.5 Å². The molecular weight excluding hydrogens is 404 g/mol. The van der Waals surface area contributed by atoms with Gasteiger partial charge in [0, 0.05) is 5.69 Å². The van der Waals surface area contributed by atoms with Crippen LogP contribution in [0.15, 0.2) is 58.2 Å². The molecule has 0 aliphatic carbocycles. The Morgan fingerprint density at radius 1 is 1.10 bits per heavy atom. The van der Waals surface area contributed by atoms with Gasteiger partial charge in [-0.3, -0.25) is 4.79 Å². The largest absolute Gasteiger partial charge is 0.457 e. The minimum atomic E-state index is -0.449. The summed E-state index contributed by atoms with van der Waals surface area (Å²) in [5, 5.41) is 3.50. The van der Waals surface area contributed by atoms with Gasteiger partial charge in [0.05, 0.1) is 0 Å². The zero-order valence-corrected chi connectivity index (χ0v) is 16.8. The van der Waals surface area contributed by atoms with E-state index in [1.807, 2.05) is 55.5 Å². The van der Waals surface area contributed by atoms with Crippen LogP contribution >= 0.6 is 11.8 Å². The molecule has 4 rings (SSSR count). The minimum Gasteiger partial charge on any atom is -0.457 e. The lowest BCUT2D eigenvalue weighted by Gasteiger charge is -2.09. The van der Waals surface area contributed by atoms with Crippen LogP contribution in [0.1, 0.15) is 11.4 Å². The molecule has 0 aliphatic rings. The third-order valence-electron chi connectivity index (χ3n) is 4.04. The first kappa shape index (κ1) is 19.6. The van der Waals surface area contributed by atoms with Crippen molar-refractivity contribution in [2.24, 2.45) is 0 Å². The molecule has 0 radical (unpaired) electrons. The maximum absolute atomic E-state index is 12.1. The molecule has 0 saturated heterocycles. The van der Waals surface area contributed by atoms with Crippen LogP contribution < -0.4 is 11.1 Å². The number of rotatable bonds is 7. The first-order chi connectivity index (χ1) is 14.6. The Hall–Kier alpha value is -3.66. The number of para-hydroxylation sites is 3. The number of hydrogen-bond donors (Lipinski definition) is 2. The Morgan fingerprint density at radius 3 is 2.73 bits per heavy atom. The molecule has 152 valence electrons. The number of aryl methyl sites for hydroxylation is 1. The second-order valence-corrected chi connectivity index (χ2v) is 7.20. The Bertz CT molecular complexity index is 1160. The lowest BCUT2D eigenvalue weighted by Crippen LogP contribution is -2.12. The van der Waals surface area contributed by atoms with Gasteiger partial charge in [0.1, 0.15) is 11.3 Å². The summed E-state index contributed by atoms with van der Waals surface area (Å²) in [5.41, 5.74) is 9.05. The summed E-state index contributed by atoms with van der Waals surface area (Å²) in [5.74, 6) is 0.159. The van der Waals surface area contributed by atoms with Crippen LogP contribution in [-0.4, -0.2) is 31.7 Å². The first-order valence-electron chi connectivity index (χ1n) is 9.04. The summed E-state index contributed by atoms with van der Waals surface area (Å²) in [4.78, 5) is 28.7. The van der Waals surface area contributed by atoms with Crippen LogP contribution in [0.5, 0.6) is 0 Å². The predicted octanol–water partition coefficient (Wildman–Crippen LogP) is 3.48. The molecule has 0 saturated carbocycles. The highest BCUT2D eigenvalue weighted by Gasteiger charge is 2.12. The second-order valence-electron chi connectivity index (χ2n) is 6.27. The van der Waals surface area contributed by atoms with Gasteiger partial charge in [-0.2, -0.15) is 15.0 Å². The highest BCUT2D eigenvalue weighted by Crippen LogP contribution is 2.23. The minimum absolute atomic E-state index is 0.0352. The smallest absolute Gasteiger partial charge is 0.316 e. The highest BCUT2D eigenvalue weighted by molar-refractivity contribution is 7.99. The molecular formula is C20H18N6O3S. The Balaban J connectivity index is 1.34. The van der Waals surface area contributed by atoms with E-state index in [9.17, 15) is 4.79 Å². The molecule has 0 spiro atoms. The number of carbonyl (C=O) groups is 1. The monoisotopic (exact) mass is 422 g/mol. The third kappa shape index (κ3) is 4.84. The highest BCUT2D eigenvalue weighted by atomic mass is 32.2. The van der Waals surface area contributed by atoms with Crippen LogP contribution in [0.3, 0.4) is 0 Å².